The van der Waals surface area contributed by atoms with Crippen molar-refractivity contribution in [2.75, 3.05) is 20.2 Å². The molecule has 17 heavy (non-hydrogen) atoms. The molecule has 0 spiro atoms. The summed E-state index contributed by atoms with van der Waals surface area (Å²) in [6, 6.07) is -0.260. The van der Waals surface area contributed by atoms with Crippen LogP contribution in [0.2, 0.25) is 0 Å². The van der Waals surface area contributed by atoms with E-state index in [0.29, 0.717) is 6.54 Å². The molecule has 102 valence electrons. The van der Waals surface area contributed by atoms with E-state index in [1.807, 2.05) is 20.8 Å². The predicted octanol–water partition coefficient (Wildman–Crippen LogP) is 2.22. The van der Waals surface area contributed by atoms with Gasteiger partial charge in [-0.05, 0) is 11.8 Å². The molecular weight excluding hydrogens is 216 g/mol. The monoisotopic (exact) mass is 244 g/mol. The van der Waals surface area contributed by atoms with Crippen molar-refractivity contribution < 1.29 is 9.90 Å². The van der Waals surface area contributed by atoms with Gasteiger partial charge in [0.25, 0.3) is 0 Å². The van der Waals surface area contributed by atoms with Gasteiger partial charge in [-0.2, -0.15) is 0 Å². The van der Waals surface area contributed by atoms with Gasteiger partial charge in [0.05, 0.1) is 12.6 Å². The molecule has 1 atom stereocenters. The first-order chi connectivity index (χ1) is 7.84. The summed E-state index contributed by atoms with van der Waals surface area (Å²) in [6.45, 7) is 8.90. The Labute approximate surface area is 105 Å². The lowest BCUT2D eigenvalue weighted by atomic mass is 9.86. The fourth-order valence-corrected chi connectivity index (χ4v) is 1.81. The lowest BCUT2D eigenvalue weighted by Crippen LogP contribution is -2.51. The van der Waals surface area contributed by atoms with Crippen LogP contribution in [0.3, 0.4) is 0 Å². The fourth-order valence-electron chi connectivity index (χ4n) is 1.81. The molecular formula is C13H28N2O2. The van der Waals surface area contributed by atoms with E-state index in [2.05, 4.69) is 12.2 Å². The van der Waals surface area contributed by atoms with Crippen LogP contribution in [-0.2, 0) is 0 Å². The van der Waals surface area contributed by atoms with Gasteiger partial charge in [-0.25, -0.2) is 4.79 Å². The van der Waals surface area contributed by atoms with E-state index in [4.69, 9.17) is 0 Å². The Morgan fingerprint density at radius 2 is 1.94 bits per heavy atom. The molecule has 0 unspecified atom stereocenters. The van der Waals surface area contributed by atoms with Gasteiger partial charge in [0.2, 0.25) is 0 Å². The highest BCUT2D eigenvalue weighted by molar-refractivity contribution is 5.74. The highest BCUT2D eigenvalue weighted by Gasteiger charge is 2.30. The van der Waals surface area contributed by atoms with Crippen LogP contribution in [0.5, 0.6) is 0 Å². The van der Waals surface area contributed by atoms with Gasteiger partial charge in [-0.3, -0.25) is 0 Å². The van der Waals surface area contributed by atoms with E-state index in [1.165, 1.54) is 0 Å². The van der Waals surface area contributed by atoms with Gasteiger partial charge in [-0.1, -0.05) is 40.5 Å². The Kier molecular flexibility index (Phi) is 7.19. The molecule has 0 aliphatic rings. The topological polar surface area (TPSA) is 52.6 Å². The average Bonchev–Trinajstić information content (AvgIpc) is 2.22. The van der Waals surface area contributed by atoms with Crippen molar-refractivity contribution >= 4 is 6.03 Å². The Bertz CT molecular complexity index is 224. The van der Waals surface area contributed by atoms with Crippen LogP contribution in [-0.4, -0.2) is 42.3 Å². The minimum atomic E-state index is -0.159. The Morgan fingerprint density at radius 1 is 1.35 bits per heavy atom. The van der Waals surface area contributed by atoms with E-state index in [9.17, 15) is 9.90 Å². The maximum atomic E-state index is 11.9. The normalized spacial score (nSPS) is 13.3. The maximum absolute atomic E-state index is 11.9. The highest BCUT2D eigenvalue weighted by atomic mass is 16.3. The van der Waals surface area contributed by atoms with Crippen LogP contribution >= 0.6 is 0 Å². The van der Waals surface area contributed by atoms with Crippen molar-refractivity contribution in [3.8, 4) is 0 Å². The number of nitrogens with one attached hydrogen (secondary N) is 1. The number of urea groups is 1. The number of hydrogen-bond donors (Lipinski definition) is 2. The molecule has 4 heteroatoms. The van der Waals surface area contributed by atoms with E-state index >= 15 is 0 Å². The first kappa shape index (κ1) is 16.2. The van der Waals surface area contributed by atoms with Crippen LogP contribution < -0.4 is 5.32 Å². The van der Waals surface area contributed by atoms with Gasteiger partial charge in [0.15, 0.2) is 0 Å². The smallest absolute Gasteiger partial charge is 0.317 e. The summed E-state index contributed by atoms with van der Waals surface area (Å²) in [5.41, 5.74) is -0.121. The molecule has 0 aromatic rings. The van der Waals surface area contributed by atoms with Gasteiger partial charge < -0.3 is 15.3 Å². The summed E-state index contributed by atoms with van der Waals surface area (Å²) >= 11 is 0. The number of unbranched alkanes of at least 4 members (excludes halogenated alkanes) is 2. The van der Waals surface area contributed by atoms with E-state index in [0.717, 1.165) is 19.3 Å². The van der Waals surface area contributed by atoms with Crippen molar-refractivity contribution in [1.29, 1.82) is 0 Å². The van der Waals surface area contributed by atoms with Crippen LogP contribution in [0, 0.1) is 5.41 Å². The minimum absolute atomic E-state index is 0.0115. The summed E-state index contributed by atoms with van der Waals surface area (Å²) in [4.78, 5) is 13.5. The number of hydrogen-bond acceptors (Lipinski definition) is 2. The van der Waals surface area contributed by atoms with E-state index in [-0.39, 0.29) is 24.1 Å². The zero-order valence-corrected chi connectivity index (χ0v) is 11.9. The lowest BCUT2D eigenvalue weighted by molar-refractivity contribution is 0.0834. The zero-order chi connectivity index (χ0) is 13.5. The number of likely N-dealkylation sites (N-methyl/N-ethyl adjacent to an activating group) is 1. The Hall–Kier alpha value is -0.770. The quantitative estimate of drug-likeness (QED) is 0.704. The number of aliphatic hydroxyl groups excluding tert-OH is 1. The molecule has 0 aliphatic heterocycles. The van der Waals surface area contributed by atoms with Crippen molar-refractivity contribution in [3.63, 3.8) is 0 Å². The predicted molar refractivity (Wildman–Crippen MR) is 71.0 cm³/mol. The van der Waals surface area contributed by atoms with Gasteiger partial charge in [0.1, 0.15) is 0 Å². The first-order valence-electron chi connectivity index (χ1n) is 6.46. The highest BCUT2D eigenvalue weighted by Crippen LogP contribution is 2.23. The van der Waals surface area contributed by atoms with Gasteiger partial charge in [0, 0.05) is 13.6 Å². The maximum Gasteiger partial charge on any atom is 0.317 e. The molecule has 0 aliphatic carbocycles. The Balaban J connectivity index is 4.18. The van der Waals surface area contributed by atoms with Crippen LogP contribution in [0.25, 0.3) is 0 Å². The summed E-state index contributed by atoms with van der Waals surface area (Å²) < 4.78 is 0. The molecule has 0 bridgehead atoms. The molecule has 0 heterocycles. The number of nitrogens with zero attached hydrogens (tertiary/aromatic N) is 1. The molecule has 2 N–H and O–H groups in total. The van der Waals surface area contributed by atoms with Gasteiger partial charge >= 0.3 is 6.03 Å². The molecule has 0 saturated heterocycles. The molecule has 0 rings (SSSR count). The van der Waals surface area contributed by atoms with Gasteiger partial charge in [-0.15, -0.1) is 0 Å². The average molecular weight is 244 g/mol. The van der Waals surface area contributed by atoms with Crippen molar-refractivity contribution in [3.05, 3.63) is 0 Å². The summed E-state index contributed by atoms with van der Waals surface area (Å²) in [5.74, 6) is 0. The molecule has 0 saturated carbocycles. The Morgan fingerprint density at radius 3 is 2.35 bits per heavy atom. The molecule has 0 fully saturated rings. The van der Waals surface area contributed by atoms with Crippen LogP contribution in [0.1, 0.15) is 47.0 Å². The number of amides is 2. The second-order valence-corrected chi connectivity index (χ2v) is 5.61. The number of carbonyl (C=O) groups is 1. The lowest BCUT2D eigenvalue weighted by Gasteiger charge is -2.36. The third kappa shape index (κ3) is 5.91. The summed E-state index contributed by atoms with van der Waals surface area (Å²) in [5, 5.41) is 12.2. The van der Waals surface area contributed by atoms with Crippen molar-refractivity contribution in [2.45, 2.75) is 53.0 Å². The van der Waals surface area contributed by atoms with Crippen LogP contribution in [0.15, 0.2) is 0 Å². The van der Waals surface area contributed by atoms with E-state index in [1.54, 1.807) is 11.9 Å². The van der Waals surface area contributed by atoms with Crippen molar-refractivity contribution in [1.82, 2.24) is 10.2 Å². The van der Waals surface area contributed by atoms with Crippen molar-refractivity contribution in [2.24, 2.45) is 5.41 Å². The number of rotatable bonds is 6. The summed E-state index contributed by atoms with van der Waals surface area (Å²) in [6.07, 6.45) is 3.29. The second kappa shape index (κ2) is 7.54. The van der Waals surface area contributed by atoms with Crippen LogP contribution in [0.4, 0.5) is 4.79 Å². The SMILES string of the molecule is CCCCCNC(=O)N(C)[C@@H](CO)C(C)(C)C. The molecule has 0 radical (unpaired) electrons. The molecule has 0 aromatic heterocycles. The standard InChI is InChI=1S/C13H28N2O2/c1-6-7-8-9-14-12(17)15(5)11(10-16)13(2,3)4/h11,16H,6-10H2,1-5H3,(H,14,17)/t11-/m0/s1. The third-order valence-electron chi connectivity index (χ3n) is 3.02. The zero-order valence-electron chi connectivity index (χ0n) is 11.9. The minimum Gasteiger partial charge on any atom is -0.394 e. The molecule has 0 aromatic carbocycles. The molecule has 2 amide bonds. The fraction of sp³-hybridized carbons (Fsp3) is 0.923. The second-order valence-electron chi connectivity index (χ2n) is 5.61. The number of aliphatic hydroxyl groups is 1. The third-order valence-corrected chi connectivity index (χ3v) is 3.02. The first-order valence-corrected chi connectivity index (χ1v) is 6.46. The largest absolute Gasteiger partial charge is 0.394 e. The van der Waals surface area contributed by atoms with E-state index < -0.39 is 0 Å². The summed E-state index contributed by atoms with van der Waals surface area (Å²) in [7, 11) is 1.74. The molecule has 4 nitrogen and oxygen atoms in total. The number of carbonyl (C=O) groups excluding carboxylic acids is 1.